The molecule has 0 radical (unpaired) electrons. The van der Waals surface area contributed by atoms with Gasteiger partial charge in [-0.05, 0) is 75.5 Å². The predicted molar refractivity (Wildman–Crippen MR) is 171 cm³/mol. The number of rotatable bonds is 3. The number of pyridine rings is 4. The molecule has 4 aromatic heterocycles. The summed E-state index contributed by atoms with van der Waals surface area (Å²) in [7, 11) is 0. The van der Waals surface area contributed by atoms with Crippen LogP contribution < -0.4 is 0 Å². The second-order valence-electron chi connectivity index (χ2n) is 10.7. The molecule has 4 heterocycles. The second-order valence-corrected chi connectivity index (χ2v) is 10.7. The van der Waals surface area contributed by atoms with Crippen molar-refractivity contribution in [1.29, 1.82) is 0 Å². The average Bonchev–Trinajstić information content (AvgIpc) is 3.39. The number of aromatic nitrogens is 4. The first-order valence-corrected chi connectivity index (χ1v) is 14.1. The maximum atomic E-state index is 5.21. The minimum Gasteiger partial charge on any atom is -0.255 e. The fourth-order valence-electron chi connectivity index (χ4n) is 6.28. The van der Waals surface area contributed by atoms with Crippen molar-refractivity contribution in [1.82, 2.24) is 19.9 Å². The van der Waals surface area contributed by atoms with E-state index in [2.05, 4.69) is 101 Å². The van der Waals surface area contributed by atoms with Crippen LogP contribution in [0.1, 0.15) is 0 Å². The Morgan fingerprint density at radius 2 is 1.02 bits per heavy atom. The molecule has 0 atom stereocenters. The van der Waals surface area contributed by atoms with E-state index in [1.54, 1.807) is 6.20 Å². The summed E-state index contributed by atoms with van der Waals surface area (Å²) >= 11 is 0. The van der Waals surface area contributed by atoms with Crippen LogP contribution in [0.5, 0.6) is 0 Å². The molecule has 0 fully saturated rings. The minimum absolute atomic E-state index is 0.822. The summed E-state index contributed by atoms with van der Waals surface area (Å²) in [5, 5.41) is 4.74. The van der Waals surface area contributed by atoms with Gasteiger partial charge in [-0.25, -0.2) is 9.97 Å². The molecule has 0 spiro atoms. The van der Waals surface area contributed by atoms with E-state index >= 15 is 0 Å². The zero-order chi connectivity index (χ0) is 27.6. The molecule has 194 valence electrons. The predicted octanol–water partition coefficient (Wildman–Crippen LogP) is 9.37. The molecule has 1 aliphatic carbocycles. The Morgan fingerprint density at radius 1 is 0.357 bits per heavy atom. The number of hydrogen-bond acceptors (Lipinski definition) is 4. The van der Waals surface area contributed by atoms with Crippen molar-refractivity contribution in [3.8, 4) is 56.2 Å². The van der Waals surface area contributed by atoms with Gasteiger partial charge in [-0.3, -0.25) is 9.97 Å². The van der Waals surface area contributed by atoms with E-state index in [1.807, 2.05) is 36.5 Å². The molecule has 4 aromatic carbocycles. The first kappa shape index (κ1) is 23.0. The van der Waals surface area contributed by atoms with Gasteiger partial charge >= 0.3 is 0 Å². The van der Waals surface area contributed by atoms with Crippen molar-refractivity contribution < 1.29 is 0 Å². The fraction of sp³-hybridized carbons (Fsp3) is 0. The highest BCUT2D eigenvalue weighted by molar-refractivity contribution is 6.15. The van der Waals surface area contributed by atoms with E-state index in [0.29, 0.717) is 0 Å². The van der Waals surface area contributed by atoms with Gasteiger partial charge in [0.05, 0.1) is 33.8 Å². The third-order valence-electron chi connectivity index (χ3n) is 8.30. The van der Waals surface area contributed by atoms with Crippen LogP contribution in [0.2, 0.25) is 0 Å². The van der Waals surface area contributed by atoms with Crippen LogP contribution in [0, 0.1) is 0 Å². The summed E-state index contributed by atoms with van der Waals surface area (Å²) in [6.07, 6.45) is 3.60. The van der Waals surface area contributed by atoms with Gasteiger partial charge in [0.15, 0.2) is 0 Å². The number of fused-ring (bicyclic) bond motifs is 6. The quantitative estimate of drug-likeness (QED) is 0.212. The maximum absolute atomic E-state index is 5.21. The molecule has 0 N–H and O–H groups in total. The highest BCUT2D eigenvalue weighted by Gasteiger charge is 2.21. The zero-order valence-electron chi connectivity index (χ0n) is 22.5. The SMILES string of the molecule is c1ccc(-c2cc(-c3ccc4ccc5ccc(-c6ccc7c(c6)-c6cccc8cccc-7c68)nc5c4n3)ccn2)nc1. The van der Waals surface area contributed by atoms with E-state index in [0.717, 1.165) is 55.7 Å². The Labute approximate surface area is 242 Å². The number of benzene rings is 4. The molecule has 4 heteroatoms. The molecule has 4 nitrogen and oxygen atoms in total. The highest BCUT2D eigenvalue weighted by Crippen LogP contribution is 2.48. The molecular weight excluding hydrogens is 512 g/mol. The van der Waals surface area contributed by atoms with Gasteiger partial charge in [-0.1, -0.05) is 78.9 Å². The molecule has 0 saturated carbocycles. The molecule has 1 aliphatic rings. The van der Waals surface area contributed by atoms with Gasteiger partial charge < -0.3 is 0 Å². The van der Waals surface area contributed by atoms with Crippen LogP contribution in [-0.4, -0.2) is 19.9 Å². The highest BCUT2D eigenvalue weighted by atomic mass is 14.8. The lowest BCUT2D eigenvalue weighted by molar-refractivity contribution is 1.24. The van der Waals surface area contributed by atoms with Crippen LogP contribution in [0.3, 0.4) is 0 Å². The van der Waals surface area contributed by atoms with Crippen molar-refractivity contribution in [2.45, 2.75) is 0 Å². The van der Waals surface area contributed by atoms with Crippen LogP contribution in [0.25, 0.3) is 88.7 Å². The second kappa shape index (κ2) is 8.88. The average molecular weight is 535 g/mol. The van der Waals surface area contributed by atoms with Gasteiger partial charge in [0.1, 0.15) is 0 Å². The largest absolute Gasteiger partial charge is 0.255 e. The molecule has 9 rings (SSSR count). The summed E-state index contributed by atoms with van der Waals surface area (Å²) in [6.45, 7) is 0. The molecule has 0 saturated heterocycles. The summed E-state index contributed by atoms with van der Waals surface area (Å²) in [4.78, 5) is 19.4. The molecule has 8 aromatic rings. The Bertz CT molecular complexity index is 2350. The van der Waals surface area contributed by atoms with Crippen molar-refractivity contribution in [3.63, 3.8) is 0 Å². The Balaban J connectivity index is 1.18. The summed E-state index contributed by atoms with van der Waals surface area (Å²) in [5.74, 6) is 0. The van der Waals surface area contributed by atoms with Gasteiger partial charge in [-0.2, -0.15) is 0 Å². The van der Waals surface area contributed by atoms with Crippen LogP contribution >= 0.6 is 0 Å². The van der Waals surface area contributed by atoms with Crippen molar-refractivity contribution >= 4 is 32.6 Å². The summed E-state index contributed by atoms with van der Waals surface area (Å²) in [5.41, 5.74) is 12.5. The van der Waals surface area contributed by atoms with E-state index in [4.69, 9.17) is 9.97 Å². The number of nitrogens with zero attached hydrogens (tertiary/aromatic N) is 4. The zero-order valence-corrected chi connectivity index (χ0v) is 22.5. The van der Waals surface area contributed by atoms with E-state index in [-0.39, 0.29) is 0 Å². The van der Waals surface area contributed by atoms with E-state index < -0.39 is 0 Å². The summed E-state index contributed by atoms with van der Waals surface area (Å²) in [6, 6.07) is 42.5. The monoisotopic (exact) mass is 534 g/mol. The maximum Gasteiger partial charge on any atom is 0.0972 e. The smallest absolute Gasteiger partial charge is 0.0972 e. The summed E-state index contributed by atoms with van der Waals surface area (Å²) < 4.78 is 0. The van der Waals surface area contributed by atoms with Gasteiger partial charge in [0, 0.05) is 34.3 Å². The lowest BCUT2D eigenvalue weighted by Gasteiger charge is -2.10. The van der Waals surface area contributed by atoms with E-state index in [9.17, 15) is 0 Å². The van der Waals surface area contributed by atoms with Crippen LogP contribution in [-0.2, 0) is 0 Å². The molecule has 0 bridgehead atoms. The third kappa shape index (κ3) is 3.49. The molecule has 42 heavy (non-hydrogen) atoms. The topological polar surface area (TPSA) is 51.6 Å². The van der Waals surface area contributed by atoms with E-state index in [1.165, 1.54) is 33.0 Å². The number of hydrogen-bond donors (Lipinski definition) is 0. The molecule has 0 aliphatic heterocycles. The first-order chi connectivity index (χ1) is 20.8. The Kier molecular flexibility index (Phi) is 4.87. The normalized spacial score (nSPS) is 11.8. The molecule has 0 amide bonds. The van der Waals surface area contributed by atoms with Crippen molar-refractivity contribution in [2.24, 2.45) is 0 Å². The minimum atomic E-state index is 0.822. The van der Waals surface area contributed by atoms with Crippen LogP contribution in [0.15, 0.2) is 134 Å². The Morgan fingerprint density at radius 3 is 1.74 bits per heavy atom. The Hall–Kier alpha value is -5.74. The van der Waals surface area contributed by atoms with Gasteiger partial charge in [-0.15, -0.1) is 0 Å². The lowest BCUT2D eigenvalue weighted by Crippen LogP contribution is -1.92. The third-order valence-corrected chi connectivity index (χ3v) is 8.30. The fourth-order valence-corrected chi connectivity index (χ4v) is 6.28. The standard InChI is InChI=1S/C38H22N4/c1-2-19-39-34(9-1)35-22-27(18-20-40-35)33-17-14-25-11-10-24-13-16-32(41-37(24)38(25)42-33)26-12-15-28-29-7-3-5-23-6-4-8-30(36(23)29)31(28)21-26/h1-22H. The van der Waals surface area contributed by atoms with Gasteiger partial charge in [0.2, 0.25) is 0 Å². The van der Waals surface area contributed by atoms with Crippen LogP contribution in [0.4, 0.5) is 0 Å². The molecule has 0 unspecified atom stereocenters. The molecular formula is C38H22N4. The van der Waals surface area contributed by atoms with Crippen molar-refractivity contribution in [3.05, 3.63) is 134 Å². The van der Waals surface area contributed by atoms with Gasteiger partial charge in [0.25, 0.3) is 0 Å². The van der Waals surface area contributed by atoms with Crippen molar-refractivity contribution in [2.75, 3.05) is 0 Å². The lowest BCUT2D eigenvalue weighted by atomic mass is 9.99. The first-order valence-electron chi connectivity index (χ1n) is 14.1.